The van der Waals surface area contributed by atoms with Crippen LogP contribution in [0.3, 0.4) is 0 Å². The standard InChI is InChI=1S/C17H20ClFN4O2/c1-6-15(17(3,25-5)10-21-23-20)22-16(11(2)24-4)12-7-8-14(19)13(18)9-12/h6-9H,2,10H2,1,3-5H3/b15-6-,22-16?. The fraction of sp³-hybridized carbons (Fsp3) is 0.353. The molecule has 0 fully saturated rings. The van der Waals surface area contributed by atoms with Crippen LogP contribution in [0.25, 0.3) is 10.4 Å². The van der Waals surface area contributed by atoms with Crippen LogP contribution in [0.2, 0.25) is 5.02 Å². The van der Waals surface area contributed by atoms with E-state index in [1.54, 1.807) is 19.9 Å². The third-order valence-electron chi connectivity index (χ3n) is 3.64. The first-order valence-corrected chi connectivity index (χ1v) is 7.71. The van der Waals surface area contributed by atoms with Crippen molar-refractivity contribution in [2.24, 2.45) is 10.1 Å². The van der Waals surface area contributed by atoms with E-state index < -0.39 is 11.4 Å². The van der Waals surface area contributed by atoms with Crippen LogP contribution < -0.4 is 0 Å². The Bertz CT molecular complexity index is 757. The van der Waals surface area contributed by atoms with E-state index in [2.05, 4.69) is 21.6 Å². The van der Waals surface area contributed by atoms with E-state index in [1.165, 1.54) is 32.4 Å². The summed E-state index contributed by atoms with van der Waals surface area (Å²) in [6, 6.07) is 4.20. The zero-order chi connectivity index (χ0) is 19.0. The molecule has 0 saturated carbocycles. The molecule has 0 amide bonds. The van der Waals surface area contributed by atoms with Crippen molar-refractivity contribution in [3.05, 3.63) is 69.2 Å². The van der Waals surface area contributed by atoms with Crippen molar-refractivity contribution >= 4 is 17.3 Å². The highest BCUT2D eigenvalue weighted by atomic mass is 35.5. The van der Waals surface area contributed by atoms with Gasteiger partial charge in [0.25, 0.3) is 0 Å². The van der Waals surface area contributed by atoms with Crippen molar-refractivity contribution < 1.29 is 13.9 Å². The van der Waals surface area contributed by atoms with Crippen LogP contribution in [-0.4, -0.2) is 32.1 Å². The van der Waals surface area contributed by atoms with Gasteiger partial charge in [0.15, 0.2) is 0 Å². The molecule has 0 saturated heterocycles. The highest BCUT2D eigenvalue weighted by Crippen LogP contribution is 2.26. The van der Waals surface area contributed by atoms with E-state index in [4.69, 9.17) is 26.6 Å². The number of azide groups is 1. The molecular formula is C17H20ClFN4O2. The number of halogens is 2. The molecule has 0 bridgehead atoms. The summed E-state index contributed by atoms with van der Waals surface area (Å²) in [7, 11) is 2.94. The van der Waals surface area contributed by atoms with Crippen LogP contribution in [0.15, 0.2) is 52.4 Å². The van der Waals surface area contributed by atoms with E-state index >= 15 is 0 Å². The second-order valence-corrected chi connectivity index (χ2v) is 5.62. The van der Waals surface area contributed by atoms with Crippen LogP contribution >= 0.6 is 11.6 Å². The smallest absolute Gasteiger partial charge is 0.141 e. The Morgan fingerprint density at radius 1 is 1.48 bits per heavy atom. The Morgan fingerprint density at radius 3 is 2.64 bits per heavy atom. The topological polar surface area (TPSA) is 79.6 Å². The molecule has 0 heterocycles. The molecule has 0 N–H and O–H groups in total. The van der Waals surface area contributed by atoms with Gasteiger partial charge in [0, 0.05) is 17.6 Å². The monoisotopic (exact) mass is 366 g/mol. The Labute approximate surface area is 151 Å². The fourth-order valence-corrected chi connectivity index (χ4v) is 2.23. The van der Waals surface area contributed by atoms with Crippen molar-refractivity contribution in [2.75, 3.05) is 20.8 Å². The summed E-state index contributed by atoms with van der Waals surface area (Å²) in [5, 5.41) is 3.53. The Balaban J connectivity index is 3.48. The van der Waals surface area contributed by atoms with Gasteiger partial charge in [-0.05, 0) is 37.6 Å². The first-order valence-electron chi connectivity index (χ1n) is 7.33. The zero-order valence-electron chi connectivity index (χ0n) is 14.6. The second kappa shape index (κ2) is 9.22. The maximum Gasteiger partial charge on any atom is 0.141 e. The molecule has 0 aliphatic rings. The number of hydrogen-bond donors (Lipinski definition) is 0. The summed E-state index contributed by atoms with van der Waals surface area (Å²) < 4.78 is 24.1. The highest BCUT2D eigenvalue weighted by Gasteiger charge is 2.28. The average Bonchev–Trinajstić information content (AvgIpc) is 2.62. The summed E-state index contributed by atoms with van der Waals surface area (Å²) in [5.74, 6) is -0.270. The van der Waals surface area contributed by atoms with Gasteiger partial charge in [0.1, 0.15) is 22.9 Å². The average molecular weight is 367 g/mol. The lowest BCUT2D eigenvalue weighted by Crippen LogP contribution is -2.33. The summed E-state index contributed by atoms with van der Waals surface area (Å²) >= 11 is 5.87. The zero-order valence-corrected chi connectivity index (χ0v) is 15.3. The predicted octanol–water partition coefficient (Wildman–Crippen LogP) is 5.05. The maximum absolute atomic E-state index is 13.5. The van der Waals surface area contributed by atoms with Crippen LogP contribution in [0, 0.1) is 5.82 Å². The number of rotatable bonds is 8. The van der Waals surface area contributed by atoms with Crippen molar-refractivity contribution in [3.63, 3.8) is 0 Å². The van der Waals surface area contributed by atoms with Gasteiger partial charge in [-0.3, -0.25) is 0 Å². The van der Waals surface area contributed by atoms with Gasteiger partial charge in [-0.25, -0.2) is 9.38 Å². The molecule has 1 unspecified atom stereocenters. The van der Waals surface area contributed by atoms with Crippen LogP contribution in [-0.2, 0) is 9.47 Å². The molecule has 0 aromatic heterocycles. The van der Waals surface area contributed by atoms with Crippen molar-refractivity contribution in [1.82, 2.24) is 0 Å². The molecule has 1 aromatic carbocycles. The predicted molar refractivity (Wildman–Crippen MR) is 97.3 cm³/mol. The van der Waals surface area contributed by atoms with Gasteiger partial charge in [-0.15, -0.1) is 0 Å². The van der Waals surface area contributed by atoms with E-state index in [-0.39, 0.29) is 17.3 Å². The van der Waals surface area contributed by atoms with Crippen LogP contribution in [0.1, 0.15) is 19.4 Å². The van der Waals surface area contributed by atoms with Crippen LogP contribution in [0.5, 0.6) is 0 Å². The summed E-state index contributed by atoms with van der Waals surface area (Å²) in [4.78, 5) is 7.33. The number of hydrogen-bond acceptors (Lipinski definition) is 4. The number of aliphatic imine (C=N–C) groups is 1. The third-order valence-corrected chi connectivity index (χ3v) is 3.93. The Hall–Kier alpha value is -2.34. The first kappa shape index (κ1) is 20.7. The van der Waals surface area contributed by atoms with E-state index in [1.807, 2.05) is 0 Å². The quantitative estimate of drug-likeness (QED) is 0.212. The van der Waals surface area contributed by atoms with Gasteiger partial charge in [0.05, 0.1) is 24.4 Å². The SMILES string of the molecule is C=C(OC)C(=N/C(=C\C)C(C)(CN=[N+]=[N-])OC)c1ccc(F)c(Cl)c1. The second-order valence-electron chi connectivity index (χ2n) is 5.21. The number of allylic oxidation sites excluding steroid dienone is 2. The van der Waals surface area contributed by atoms with Crippen LogP contribution in [0.4, 0.5) is 4.39 Å². The van der Waals surface area contributed by atoms with Gasteiger partial charge in [0.2, 0.25) is 0 Å². The Morgan fingerprint density at radius 2 is 2.16 bits per heavy atom. The molecule has 0 aliphatic heterocycles. The lowest BCUT2D eigenvalue weighted by Gasteiger charge is -2.27. The molecular weight excluding hydrogens is 347 g/mol. The highest BCUT2D eigenvalue weighted by molar-refractivity contribution is 6.31. The molecule has 6 nitrogen and oxygen atoms in total. The summed E-state index contributed by atoms with van der Waals surface area (Å²) in [6.45, 7) is 7.38. The Kier molecular flexibility index (Phi) is 7.64. The minimum Gasteiger partial charge on any atom is -0.495 e. The molecule has 1 atom stereocenters. The molecule has 1 aromatic rings. The first-order chi connectivity index (χ1) is 11.8. The van der Waals surface area contributed by atoms with Crippen molar-refractivity contribution in [1.29, 1.82) is 0 Å². The lowest BCUT2D eigenvalue weighted by molar-refractivity contribution is 0.0450. The van der Waals surface area contributed by atoms with Crippen molar-refractivity contribution in [2.45, 2.75) is 19.4 Å². The number of methoxy groups -OCH3 is 2. The number of ether oxygens (including phenoxy) is 2. The lowest BCUT2D eigenvalue weighted by atomic mass is 10.0. The largest absolute Gasteiger partial charge is 0.495 e. The number of nitrogens with zero attached hydrogens (tertiary/aromatic N) is 4. The molecule has 25 heavy (non-hydrogen) atoms. The minimum absolute atomic E-state index is 0.0418. The molecule has 8 heteroatoms. The van der Waals surface area contributed by atoms with E-state index in [0.717, 1.165) is 0 Å². The van der Waals surface area contributed by atoms with E-state index in [9.17, 15) is 4.39 Å². The molecule has 0 radical (unpaired) electrons. The summed E-state index contributed by atoms with van der Waals surface area (Å²) in [5.41, 5.74) is 9.02. The van der Waals surface area contributed by atoms with Gasteiger partial charge in [-0.1, -0.05) is 29.4 Å². The van der Waals surface area contributed by atoms with E-state index in [0.29, 0.717) is 17.0 Å². The minimum atomic E-state index is -0.954. The fourth-order valence-electron chi connectivity index (χ4n) is 2.05. The normalized spacial score (nSPS) is 14.5. The molecule has 0 aliphatic carbocycles. The third kappa shape index (κ3) is 5.06. The van der Waals surface area contributed by atoms with Gasteiger partial charge >= 0.3 is 0 Å². The summed E-state index contributed by atoms with van der Waals surface area (Å²) in [6.07, 6.45) is 1.73. The molecule has 1 rings (SSSR count). The molecule has 0 spiro atoms. The molecule has 134 valence electrons. The van der Waals surface area contributed by atoms with Gasteiger partial charge < -0.3 is 9.47 Å². The number of benzene rings is 1. The maximum atomic E-state index is 13.5. The van der Waals surface area contributed by atoms with Crippen molar-refractivity contribution in [3.8, 4) is 0 Å². The van der Waals surface area contributed by atoms with Gasteiger partial charge in [-0.2, -0.15) is 0 Å².